The van der Waals surface area contributed by atoms with Crippen molar-refractivity contribution < 1.29 is 19.0 Å². The van der Waals surface area contributed by atoms with Crippen LogP contribution in [0, 0.1) is 6.92 Å². The van der Waals surface area contributed by atoms with Gasteiger partial charge in [0.1, 0.15) is 0 Å². The smallest absolute Gasteiger partial charge is 0.316 e. The summed E-state index contributed by atoms with van der Waals surface area (Å²) in [7, 11) is 3.18. The molecule has 0 saturated heterocycles. The molecule has 0 radical (unpaired) electrons. The molecule has 3 aromatic rings. The van der Waals surface area contributed by atoms with E-state index in [2.05, 4.69) is 10.2 Å². The molecule has 1 aromatic heterocycles. The quantitative estimate of drug-likeness (QED) is 0.409. The van der Waals surface area contributed by atoms with Crippen LogP contribution in [-0.2, 0) is 9.53 Å². The number of carbonyl (C=O) groups is 1. The third-order valence-corrected chi connectivity index (χ3v) is 5.09. The van der Waals surface area contributed by atoms with Crippen LogP contribution in [0.3, 0.4) is 0 Å². The van der Waals surface area contributed by atoms with Gasteiger partial charge in [0.15, 0.2) is 22.5 Å². The van der Waals surface area contributed by atoms with Crippen LogP contribution in [0.1, 0.15) is 12.5 Å². The number of methoxy groups -OCH3 is 2. The maximum absolute atomic E-state index is 11.8. The Morgan fingerprint density at radius 3 is 2.41 bits per heavy atom. The van der Waals surface area contributed by atoms with Crippen molar-refractivity contribution in [1.82, 2.24) is 14.8 Å². The summed E-state index contributed by atoms with van der Waals surface area (Å²) < 4.78 is 17.7. The van der Waals surface area contributed by atoms with Crippen LogP contribution in [-0.4, -0.2) is 47.3 Å². The lowest BCUT2D eigenvalue weighted by Crippen LogP contribution is -2.08. The number of carbonyl (C=O) groups excluding carboxylic acids is 1. The van der Waals surface area contributed by atoms with Crippen molar-refractivity contribution in [2.24, 2.45) is 0 Å². The first kappa shape index (κ1) is 20.7. The average Bonchev–Trinajstić information content (AvgIpc) is 3.16. The molecule has 152 valence electrons. The van der Waals surface area contributed by atoms with E-state index in [9.17, 15) is 4.79 Å². The number of nitrogens with zero attached hydrogens (tertiary/aromatic N) is 3. The Bertz CT molecular complexity index is 986. The highest BCUT2D eigenvalue weighted by Gasteiger charge is 2.19. The maximum Gasteiger partial charge on any atom is 0.316 e. The first-order valence-corrected chi connectivity index (χ1v) is 10.1. The fraction of sp³-hybridized carbons (Fsp3) is 0.286. The molecule has 0 spiro atoms. The van der Waals surface area contributed by atoms with Gasteiger partial charge in [-0.15, -0.1) is 10.2 Å². The monoisotopic (exact) mass is 413 g/mol. The summed E-state index contributed by atoms with van der Waals surface area (Å²) in [5.74, 6) is 1.74. The number of hydrogen-bond acceptors (Lipinski definition) is 7. The Kier molecular flexibility index (Phi) is 6.77. The molecule has 0 amide bonds. The van der Waals surface area contributed by atoms with Gasteiger partial charge < -0.3 is 14.2 Å². The molecule has 0 fully saturated rings. The summed E-state index contributed by atoms with van der Waals surface area (Å²) in [4.78, 5) is 11.8. The van der Waals surface area contributed by atoms with Gasteiger partial charge in [-0.05, 0) is 44.2 Å². The van der Waals surface area contributed by atoms with Gasteiger partial charge in [0.25, 0.3) is 0 Å². The highest BCUT2D eigenvalue weighted by molar-refractivity contribution is 7.99. The van der Waals surface area contributed by atoms with Gasteiger partial charge >= 0.3 is 5.97 Å². The molecule has 0 N–H and O–H groups in total. The lowest BCUT2D eigenvalue weighted by Gasteiger charge is -2.12. The predicted octanol–water partition coefficient (Wildman–Crippen LogP) is 3.92. The zero-order chi connectivity index (χ0) is 20.8. The number of thioether (sulfide) groups is 1. The topological polar surface area (TPSA) is 75.5 Å². The minimum atomic E-state index is -0.288. The molecule has 0 aliphatic carbocycles. The van der Waals surface area contributed by atoms with Crippen LogP contribution < -0.4 is 9.47 Å². The summed E-state index contributed by atoms with van der Waals surface area (Å²) in [5.41, 5.74) is 2.87. The molecule has 0 aliphatic rings. The third-order valence-electron chi connectivity index (χ3n) is 4.19. The van der Waals surface area contributed by atoms with Crippen LogP contribution in [0.4, 0.5) is 0 Å². The molecule has 3 rings (SSSR count). The van der Waals surface area contributed by atoms with Gasteiger partial charge in [-0.3, -0.25) is 9.36 Å². The van der Waals surface area contributed by atoms with Crippen LogP contribution in [0.5, 0.6) is 11.5 Å². The summed E-state index contributed by atoms with van der Waals surface area (Å²) in [6.45, 7) is 4.16. The fourth-order valence-corrected chi connectivity index (χ4v) is 3.53. The average molecular weight is 413 g/mol. The van der Waals surface area contributed by atoms with Gasteiger partial charge in [-0.25, -0.2) is 0 Å². The summed E-state index contributed by atoms with van der Waals surface area (Å²) >= 11 is 1.29. The Hall–Kier alpha value is -3.00. The number of ether oxygens (including phenoxy) is 3. The molecule has 29 heavy (non-hydrogen) atoms. The third kappa shape index (κ3) is 4.71. The van der Waals surface area contributed by atoms with Gasteiger partial charge in [0, 0.05) is 11.3 Å². The van der Waals surface area contributed by atoms with E-state index in [-0.39, 0.29) is 11.7 Å². The second-order valence-electron chi connectivity index (χ2n) is 6.14. The van der Waals surface area contributed by atoms with E-state index < -0.39 is 0 Å². The highest BCUT2D eigenvalue weighted by Crippen LogP contribution is 2.34. The minimum Gasteiger partial charge on any atom is -0.493 e. The second kappa shape index (κ2) is 9.47. The molecule has 8 heteroatoms. The number of hydrogen-bond donors (Lipinski definition) is 0. The van der Waals surface area contributed by atoms with E-state index in [0.717, 1.165) is 16.8 Å². The number of aromatic nitrogens is 3. The first-order chi connectivity index (χ1) is 14.1. The standard InChI is InChI=1S/C21H23N3O4S/c1-5-28-19(25)13-29-21-23-22-20(24(21)16-9-6-14(2)7-10-16)15-8-11-17(26-3)18(12-15)27-4/h6-12H,5,13H2,1-4H3. The van der Waals surface area contributed by atoms with Crippen molar-refractivity contribution in [2.45, 2.75) is 19.0 Å². The van der Waals surface area contributed by atoms with Crippen molar-refractivity contribution in [3.8, 4) is 28.6 Å². The number of rotatable bonds is 8. The maximum atomic E-state index is 11.8. The molecule has 0 saturated carbocycles. The summed E-state index contributed by atoms with van der Waals surface area (Å²) in [6.07, 6.45) is 0. The highest BCUT2D eigenvalue weighted by atomic mass is 32.2. The van der Waals surface area contributed by atoms with E-state index in [1.807, 2.05) is 54.0 Å². The van der Waals surface area contributed by atoms with E-state index >= 15 is 0 Å². The SMILES string of the molecule is CCOC(=O)CSc1nnc(-c2ccc(OC)c(OC)c2)n1-c1ccc(C)cc1. The van der Waals surface area contributed by atoms with Gasteiger partial charge in [0.05, 0.1) is 26.6 Å². The molecule has 0 unspecified atom stereocenters. The zero-order valence-electron chi connectivity index (χ0n) is 16.8. The van der Waals surface area contributed by atoms with Crippen molar-refractivity contribution in [3.63, 3.8) is 0 Å². The molecular formula is C21H23N3O4S. The van der Waals surface area contributed by atoms with Crippen LogP contribution in [0.2, 0.25) is 0 Å². The molecular weight excluding hydrogens is 390 g/mol. The molecule has 7 nitrogen and oxygen atoms in total. The number of aryl methyl sites for hydroxylation is 1. The summed E-state index contributed by atoms with van der Waals surface area (Å²) in [5, 5.41) is 9.30. The first-order valence-electron chi connectivity index (χ1n) is 9.10. The normalized spacial score (nSPS) is 10.6. The van der Waals surface area contributed by atoms with Gasteiger partial charge in [0.2, 0.25) is 0 Å². The number of esters is 1. The zero-order valence-corrected chi connectivity index (χ0v) is 17.7. The Balaban J connectivity index is 2.05. The van der Waals surface area contributed by atoms with E-state index in [1.165, 1.54) is 11.8 Å². The van der Waals surface area contributed by atoms with Gasteiger partial charge in [-0.2, -0.15) is 0 Å². The van der Waals surface area contributed by atoms with Crippen molar-refractivity contribution in [1.29, 1.82) is 0 Å². The Morgan fingerprint density at radius 2 is 1.76 bits per heavy atom. The molecule has 1 heterocycles. The second-order valence-corrected chi connectivity index (χ2v) is 7.08. The van der Waals surface area contributed by atoms with Crippen molar-refractivity contribution >= 4 is 17.7 Å². The van der Waals surface area contributed by atoms with Crippen molar-refractivity contribution in [3.05, 3.63) is 48.0 Å². The molecule has 0 atom stereocenters. The molecule has 0 aliphatic heterocycles. The number of benzene rings is 2. The van der Waals surface area contributed by atoms with E-state index in [4.69, 9.17) is 14.2 Å². The van der Waals surface area contributed by atoms with Crippen LogP contribution in [0.25, 0.3) is 17.1 Å². The Morgan fingerprint density at radius 1 is 1.03 bits per heavy atom. The largest absolute Gasteiger partial charge is 0.493 e. The van der Waals surface area contributed by atoms with Crippen molar-refractivity contribution in [2.75, 3.05) is 26.6 Å². The Labute approximate surface area is 174 Å². The lowest BCUT2D eigenvalue weighted by atomic mass is 10.1. The van der Waals surface area contributed by atoms with E-state index in [1.54, 1.807) is 21.1 Å². The molecule has 2 aromatic carbocycles. The van der Waals surface area contributed by atoms with E-state index in [0.29, 0.717) is 29.1 Å². The lowest BCUT2D eigenvalue weighted by molar-refractivity contribution is -0.139. The van der Waals surface area contributed by atoms with Crippen LogP contribution in [0.15, 0.2) is 47.6 Å². The minimum absolute atomic E-state index is 0.157. The summed E-state index contributed by atoms with van der Waals surface area (Å²) in [6, 6.07) is 13.6. The molecule has 0 bridgehead atoms. The van der Waals surface area contributed by atoms with Gasteiger partial charge in [-0.1, -0.05) is 29.5 Å². The fourth-order valence-electron chi connectivity index (χ4n) is 2.78. The predicted molar refractivity (Wildman–Crippen MR) is 112 cm³/mol. The van der Waals surface area contributed by atoms with Crippen LogP contribution >= 0.6 is 11.8 Å².